The van der Waals surface area contributed by atoms with Crippen LogP contribution < -0.4 is 0 Å². The molecule has 0 saturated carbocycles. The molecule has 0 fully saturated rings. The van der Waals surface area contributed by atoms with Gasteiger partial charge < -0.3 is 33.8 Å². The lowest BCUT2D eigenvalue weighted by Crippen LogP contribution is -2.30. The molecule has 0 saturated heterocycles. The van der Waals surface area contributed by atoms with E-state index >= 15 is 0 Å². The van der Waals surface area contributed by atoms with Gasteiger partial charge in [0.15, 0.2) is 12.2 Å². The topological polar surface area (TPSA) is 237 Å². The van der Waals surface area contributed by atoms with Crippen LogP contribution in [-0.4, -0.2) is 96.7 Å². The normalized spacial score (nSPS) is 13.9. The summed E-state index contributed by atoms with van der Waals surface area (Å²) < 4.78 is 68.4. The number of aliphatic hydroxyl groups excluding tert-OH is 1. The fraction of sp³-hybridized carbons (Fsp3) is 0.947. The van der Waals surface area contributed by atoms with Crippen molar-refractivity contribution in [3.63, 3.8) is 0 Å². The molecule has 0 aliphatic rings. The van der Waals surface area contributed by atoms with Crippen molar-refractivity contribution >= 4 is 39.5 Å². The molecule has 19 heteroatoms. The first kappa shape index (κ1) is 92.1. The molecule has 0 spiro atoms. The van der Waals surface area contributed by atoms with Gasteiger partial charge in [-0.25, -0.2) is 9.13 Å². The zero-order valence-corrected chi connectivity index (χ0v) is 62.7. The van der Waals surface area contributed by atoms with E-state index in [2.05, 4.69) is 27.7 Å². The van der Waals surface area contributed by atoms with E-state index in [1.165, 1.54) is 231 Å². The second-order valence-corrected chi connectivity index (χ2v) is 29.9. The Labute approximate surface area is 575 Å². The number of phosphoric ester groups is 2. The quantitative estimate of drug-likeness (QED) is 0.0222. The fourth-order valence-corrected chi connectivity index (χ4v) is 13.2. The van der Waals surface area contributed by atoms with Crippen LogP contribution in [0.25, 0.3) is 0 Å². The van der Waals surface area contributed by atoms with Gasteiger partial charge in [0.05, 0.1) is 26.4 Å². The Hall–Kier alpha value is -1.94. The Kier molecular flexibility index (Phi) is 68.1. The average molecular weight is 1380 g/mol. The standard InChI is InChI=1S/C75H146O17P2/c1-5-9-13-17-21-25-28-31-33-34-35-37-40-43-46-50-54-58-62-75(80)92-71(66-86-73(78)60-56-52-48-44-41-39-36-32-29-26-22-18-14-10-6-2)68-90-94(83,84)88-64-69(76)63-87-93(81,82)89-67-70(65-85-72(77)59-55-51-47-24-20-16-12-8-4)91-74(79)61-57-53-49-45-42-38-30-27-23-19-15-11-7-3/h69-71,76H,5-68H2,1-4H3,(H,81,82)(H,83,84)/t69-,70+,71+/m0/s1. The largest absolute Gasteiger partial charge is 0.472 e. The molecule has 0 aliphatic heterocycles. The third-order valence-corrected chi connectivity index (χ3v) is 19.5. The molecule has 558 valence electrons. The maximum absolute atomic E-state index is 13.1. The van der Waals surface area contributed by atoms with Gasteiger partial charge in [-0.05, 0) is 25.7 Å². The van der Waals surface area contributed by atoms with Crippen LogP contribution in [0.4, 0.5) is 0 Å². The lowest BCUT2D eigenvalue weighted by molar-refractivity contribution is -0.161. The molecule has 0 bridgehead atoms. The molecule has 3 N–H and O–H groups in total. The highest BCUT2D eigenvalue weighted by atomic mass is 31.2. The summed E-state index contributed by atoms with van der Waals surface area (Å²) in [5.74, 6) is -2.11. The summed E-state index contributed by atoms with van der Waals surface area (Å²) in [6.07, 6.45) is 59.6. The van der Waals surface area contributed by atoms with E-state index in [1.807, 2.05) is 0 Å². The molecule has 0 aromatic carbocycles. The maximum atomic E-state index is 13.1. The number of ether oxygens (including phenoxy) is 4. The van der Waals surface area contributed by atoms with Crippen LogP contribution in [0.15, 0.2) is 0 Å². The lowest BCUT2D eigenvalue weighted by Gasteiger charge is -2.21. The van der Waals surface area contributed by atoms with Gasteiger partial charge in [0.1, 0.15) is 19.3 Å². The summed E-state index contributed by atoms with van der Waals surface area (Å²) in [5.41, 5.74) is 0. The summed E-state index contributed by atoms with van der Waals surface area (Å²) >= 11 is 0. The number of rotatable bonds is 76. The first-order valence-corrected chi connectivity index (χ1v) is 42.3. The molecular formula is C75H146O17P2. The van der Waals surface area contributed by atoms with E-state index in [4.69, 9.17) is 37.0 Å². The van der Waals surface area contributed by atoms with Crippen LogP contribution in [-0.2, 0) is 65.4 Å². The van der Waals surface area contributed by atoms with E-state index in [0.29, 0.717) is 25.7 Å². The lowest BCUT2D eigenvalue weighted by atomic mass is 10.0. The average Bonchev–Trinajstić information content (AvgIpc) is 3.74. The van der Waals surface area contributed by atoms with E-state index in [-0.39, 0.29) is 25.7 Å². The Balaban J connectivity index is 5.21. The van der Waals surface area contributed by atoms with E-state index in [0.717, 1.165) is 89.9 Å². The van der Waals surface area contributed by atoms with Crippen LogP contribution in [0, 0.1) is 0 Å². The molecule has 2 unspecified atom stereocenters. The van der Waals surface area contributed by atoms with Gasteiger partial charge >= 0.3 is 39.5 Å². The third-order valence-electron chi connectivity index (χ3n) is 17.6. The Morgan fingerprint density at radius 2 is 0.426 bits per heavy atom. The van der Waals surface area contributed by atoms with Crippen molar-refractivity contribution in [3.8, 4) is 0 Å². The molecule has 0 heterocycles. The van der Waals surface area contributed by atoms with Crippen LogP contribution in [0.3, 0.4) is 0 Å². The zero-order valence-electron chi connectivity index (χ0n) is 60.9. The summed E-state index contributed by atoms with van der Waals surface area (Å²) in [4.78, 5) is 72.7. The first-order chi connectivity index (χ1) is 45.7. The van der Waals surface area contributed by atoms with Crippen LogP contribution in [0.1, 0.15) is 400 Å². The molecule has 94 heavy (non-hydrogen) atoms. The first-order valence-electron chi connectivity index (χ1n) is 39.3. The number of carbonyl (C=O) groups excluding carboxylic acids is 4. The number of hydrogen-bond acceptors (Lipinski definition) is 15. The smallest absolute Gasteiger partial charge is 0.462 e. The van der Waals surface area contributed by atoms with Crippen molar-refractivity contribution in [2.45, 2.75) is 418 Å². The van der Waals surface area contributed by atoms with Crippen molar-refractivity contribution in [1.82, 2.24) is 0 Å². The molecule has 17 nitrogen and oxygen atoms in total. The van der Waals surface area contributed by atoms with Crippen molar-refractivity contribution in [3.05, 3.63) is 0 Å². The molecule has 0 radical (unpaired) electrons. The highest BCUT2D eigenvalue weighted by molar-refractivity contribution is 7.47. The minimum absolute atomic E-state index is 0.108. The Bertz CT molecular complexity index is 1790. The number of esters is 4. The summed E-state index contributed by atoms with van der Waals surface area (Å²) in [7, 11) is -9.90. The van der Waals surface area contributed by atoms with Gasteiger partial charge in [0.25, 0.3) is 0 Å². The van der Waals surface area contributed by atoms with Crippen molar-refractivity contribution in [2.75, 3.05) is 39.6 Å². The van der Waals surface area contributed by atoms with Crippen molar-refractivity contribution in [2.24, 2.45) is 0 Å². The fourth-order valence-electron chi connectivity index (χ4n) is 11.6. The minimum Gasteiger partial charge on any atom is -0.462 e. The van der Waals surface area contributed by atoms with Gasteiger partial charge in [-0.1, -0.05) is 349 Å². The second-order valence-electron chi connectivity index (χ2n) is 27.0. The zero-order chi connectivity index (χ0) is 69.0. The summed E-state index contributed by atoms with van der Waals surface area (Å²) in [5, 5.41) is 10.6. The van der Waals surface area contributed by atoms with Crippen molar-refractivity contribution < 1.29 is 80.2 Å². The van der Waals surface area contributed by atoms with Gasteiger partial charge in [0, 0.05) is 25.7 Å². The van der Waals surface area contributed by atoms with Crippen molar-refractivity contribution in [1.29, 1.82) is 0 Å². The van der Waals surface area contributed by atoms with E-state index < -0.39 is 97.5 Å². The van der Waals surface area contributed by atoms with Crippen LogP contribution >= 0.6 is 15.6 Å². The predicted octanol–water partition coefficient (Wildman–Crippen LogP) is 22.2. The van der Waals surface area contributed by atoms with Gasteiger partial charge in [0.2, 0.25) is 0 Å². The molecule has 0 aliphatic carbocycles. The SMILES string of the molecule is CCCCCCCCCCCCCCCCCCCCC(=O)O[C@H](COC(=O)CCCCCCCCCCCCCCCCC)COP(=O)(O)OC[C@@H](O)COP(=O)(O)OC[C@@H](COC(=O)CCCCCCCCCC)OC(=O)CCCCCCCCCCCCCCC. The van der Waals surface area contributed by atoms with E-state index in [1.54, 1.807) is 0 Å². The molecule has 0 aromatic heterocycles. The summed E-state index contributed by atoms with van der Waals surface area (Å²) in [6, 6.07) is 0. The molecule has 5 atom stereocenters. The summed E-state index contributed by atoms with van der Waals surface area (Å²) in [6.45, 7) is 4.97. The molecule has 0 amide bonds. The third kappa shape index (κ3) is 68.6. The van der Waals surface area contributed by atoms with Gasteiger partial charge in [-0.2, -0.15) is 0 Å². The number of carbonyl (C=O) groups is 4. The highest BCUT2D eigenvalue weighted by Gasteiger charge is 2.30. The second kappa shape index (κ2) is 69.5. The highest BCUT2D eigenvalue weighted by Crippen LogP contribution is 2.45. The number of aliphatic hydroxyl groups is 1. The minimum atomic E-state index is -4.95. The molecular weight excluding hydrogens is 1230 g/mol. The van der Waals surface area contributed by atoms with Gasteiger partial charge in [-0.3, -0.25) is 37.3 Å². The number of hydrogen-bond donors (Lipinski definition) is 3. The maximum Gasteiger partial charge on any atom is 0.472 e. The van der Waals surface area contributed by atoms with Gasteiger partial charge in [-0.15, -0.1) is 0 Å². The monoisotopic (exact) mass is 1380 g/mol. The van der Waals surface area contributed by atoms with Crippen LogP contribution in [0.2, 0.25) is 0 Å². The van der Waals surface area contributed by atoms with E-state index in [9.17, 15) is 43.2 Å². The predicted molar refractivity (Wildman–Crippen MR) is 382 cm³/mol. The molecule has 0 aromatic rings. The number of unbranched alkanes of at least 4 members (excludes halogenated alkanes) is 50. The molecule has 0 rings (SSSR count). The van der Waals surface area contributed by atoms with Crippen LogP contribution in [0.5, 0.6) is 0 Å². The Morgan fingerprint density at radius 1 is 0.255 bits per heavy atom. The number of phosphoric acid groups is 2. The Morgan fingerprint density at radius 3 is 0.628 bits per heavy atom.